The molecule has 0 saturated carbocycles. The van der Waals surface area contributed by atoms with Crippen molar-refractivity contribution in [2.24, 2.45) is 0 Å². The van der Waals surface area contributed by atoms with E-state index in [9.17, 15) is 0 Å². The summed E-state index contributed by atoms with van der Waals surface area (Å²) in [5.41, 5.74) is 30.6. The first-order valence-corrected chi connectivity index (χ1v) is 31.5. The van der Waals surface area contributed by atoms with E-state index in [0.29, 0.717) is 17.8 Å². The molecule has 0 amide bonds. The van der Waals surface area contributed by atoms with Gasteiger partial charge in [-0.15, -0.1) is 0 Å². The van der Waals surface area contributed by atoms with E-state index in [-0.39, 0.29) is 5.99 Å². The molecular weight excluding hydrogens is 1040 g/mol. The Bertz CT molecular complexity index is 4150. The summed E-state index contributed by atoms with van der Waals surface area (Å²) in [5.74, 6) is 1.16. The Balaban J connectivity index is 1.03. The molecule has 2 nitrogen and oxygen atoms in total. The van der Waals surface area contributed by atoms with Crippen LogP contribution in [-0.2, 0) is 10.8 Å². The Morgan fingerprint density at radius 1 is 0.341 bits per heavy atom. The van der Waals surface area contributed by atoms with Gasteiger partial charge in [-0.3, -0.25) is 0 Å². The van der Waals surface area contributed by atoms with Gasteiger partial charge in [0.05, 0.1) is 33.6 Å². The maximum atomic E-state index is 2.58. The van der Waals surface area contributed by atoms with Crippen LogP contribution in [0.2, 0.25) is 0 Å². The van der Waals surface area contributed by atoms with Crippen LogP contribution < -0.4 is 20.7 Å². The third kappa shape index (κ3) is 8.60. The summed E-state index contributed by atoms with van der Waals surface area (Å²) in [6, 6.07) is 93.5. The molecule has 3 heterocycles. The average Bonchev–Trinajstić information content (AvgIpc) is 0.890. The first-order chi connectivity index (χ1) is 41.3. The highest BCUT2D eigenvalue weighted by molar-refractivity contribution is 8.28. The zero-order valence-electron chi connectivity index (χ0n) is 50.7. The van der Waals surface area contributed by atoms with E-state index in [1.54, 1.807) is 0 Å². The van der Waals surface area contributed by atoms with Gasteiger partial charge in [0.15, 0.2) is 0 Å². The van der Waals surface area contributed by atoms with Gasteiger partial charge in [-0.2, -0.15) is 11.6 Å². The Morgan fingerprint density at radius 2 is 0.682 bits per heavy atom. The van der Waals surface area contributed by atoms with E-state index >= 15 is 0 Å². The van der Waals surface area contributed by atoms with Crippen LogP contribution >= 0.6 is 11.6 Å². The molecule has 0 saturated heterocycles. The van der Waals surface area contributed by atoms with E-state index in [1.807, 2.05) is 11.6 Å². The van der Waals surface area contributed by atoms with Gasteiger partial charge >= 0.3 is 0 Å². The molecule has 3 aliphatic heterocycles. The minimum absolute atomic E-state index is 0.0631. The van der Waals surface area contributed by atoms with Crippen LogP contribution in [0.5, 0.6) is 0 Å². The first-order valence-electron chi connectivity index (χ1n) is 30.7. The molecule has 0 unspecified atom stereocenters. The highest BCUT2D eigenvalue weighted by atomic mass is 32.2. The maximum Gasteiger partial charge on any atom is 0.282 e. The van der Waals surface area contributed by atoms with Crippen LogP contribution in [0.3, 0.4) is 0 Å². The third-order valence-electron chi connectivity index (χ3n) is 18.8. The second-order valence-electron chi connectivity index (χ2n) is 25.2. The molecule has 0 N–H and O–H groups in total. The lowest BCUT2D eigenvalue weighted by Gasteiger charge is -2.47. The van der Waals surface area contributed by atoms with E-state index in [2.05, 4.69) is 322 Å². The van der Waals surface area contributed by atoms with Crippen molar-refractivity contribution in [3.8, 4) is 11.1 Å². The summed E-state index contributed by atoms with van der Waals surface area (Å²) >= 11 is 2.04. The predicted octanol–water partition coefficient (Wildman–Crippen LogP) is 20.5. The van der Waals surface area contributed by atoms with Crippen LogP contribution in [0.4, 0.5) is 34.1 Å². The summed E-state index contributed by atoms with van der Waals surface area (Å²) in [6.07, 6.45) is 0. The molecule has 0 aromatic heterocycles. The van der Waals surface area contributed by atoms with E-state index in [0.717, 1.165) is 11.4 Å². The highest BCUT2D eigenvalue weighted by Gasteiger charge is 2.49. The van der Waals surface area contributed by atoms with Crippen LogP contribution in [0.1, 0.15) is 143 Å². The van der Waals surface area contributed by atoms with Gasteiger partial charge in [0, 0.05) is 16.3 Å². The zero-order valence-corrected chi connectivity index (χ0v) is 51.5. The van der Waals surface area contributed by atoms with Gasteiger partial charge in [0.2, 0.25) is 0 Å². The molecule has 0 radical (unpaired) electrons. The van der Waals surface area contributed by atoms with E-state index in [4.69, 9.17) is 0 Å². The molecule has 416 valence electrons. The third-order valence-corrected chi connectivity index (χ3v) is 20.1. The number of benzene rings is 11. The number of nitrogens with zero attached hydrogens (tertiary/aromatic N) is 2. The molecule has 0 aliphatic carbocycles. The second kappa shape index (κ2) is 21.2. The van der Waals surface area contributed by atoms with Crippen molar-refractivity contribution in [2.45, 2.75) is 103 Å². The highest BCUT2D eigenvalue weighted by Crippen LogP contribution is 2.61. The van der Waals surface area contributed by atoms with Crippen LogP contribution in [0, 0.1) is 27.7 Å². The standard InChI is InChI=1S/C81H73BN2S/c1-51(2)58-47-65(52(3)4)79(66(48-58)53(5)6)82-73-37-35-63(83-74-38-31-54(7)43-69(74)80(59-23-15-11-16-24-59,60-25-17-12-18-26-60)70-44-55(8)32-39-75(70)83)49-67(73)68-50-64(36-42-78(68)85-82)84-76-40-33-56(9)45-71(76)81(61-27-19-13-20-28-61,62-29-21-14-22-30-62)72-46-57(10)34-41-77(72)84/h11-53H,1-10H3. The number of aryl methyl sites for hydroxylation is 4. The molecular formula is C81H73BN2S. The van der Waals surface area contributed by atoms with E-state index in [1.165, 1.54) is 133 Å². The van der Waals surface area contributed by atoms with Crippen molar-refractivity contribution >= 4 is 62.7 Å². The Morgan fingerprint density at radius 3 is 1.02 bits per heavy atom. The summed E-state index contributed by atoms with van der Waals surface area (Å²) in [5, 5.41) is 0. The van der Waals surface area contributed by atoms with Crippen molar-refractivity contribution in [3.63, 3.8) is 0 Å². The van der Waals surface area contributed by atoms with Crippen LogP contribution in [0.15, 0.2) is 248 Å². The van der Waals surface area contributed by atoms with Crippen molar-refractivity contribution < 1.29 is 0 Å². The van der Waals surface area contributed by atoms with Gasteiger partial charge in [-0.1, -0.05) is 263 Å². The number of anilines is 6. The normalized spacial score (nSPS) is 14.4. The fourth-order valence-electron chi connectivity index (χ4n) is 14.9. The fraction of sp³-hybridized carbons (Fsp3) is 0.185. The van der Waals surface area contributed by atoms with Crippen molar-refractivity contribution in [1.29, 1.82) is 0 Å². The molecule has 0 spiro atoms. The maximum absolute atomic E-state index is 2.58. The molecule has 0 bridgehead atoms. The summed E-state index contributed by atoms with van der Waals surface area (Å²) < 4.78 is 0. The Kier molecular flexibility index (Phi) is 13.6. The quantitative estimate of drug-likeness (QED) is 0.126. The molecule has 3 aliphatic rings. The van der Waals surface area contributed by atoms with Crippen molar-refractivity contribution in [3.05, 3.63) is 326 Å². The average molecular weight is 1120 g/mol. The lowest BCUT2D eigenvalue weighted by atomic mass is 9.54. The molecule has 85 heavy (non-hydrogen) atoms. The summed E-state index contributed by atoms with van der Waals surface area (Å²) in [4.78, 5) is 6.45. The smallest absolute Gasteiger partial charge is 0.282 e. The van der Waals surface area contributed by atoms with Gasteiger partial charge in [-0.25, -0.2) is 0 Å². The van der Waals surface area contributed by atoms with Gasteiger partial charge < -0.3 is 9.80 Å². The van der Waals surface area contributed by atoms with Crippen LogP contribution in [0.25, 0.3) is 11.1 Å². The van der Waals surface area contributed by atoms with Gasteiger partial charge in [0.1, 0.15) is 0 Å². The molecule has 4 heteroatoms. The van der Waals surface area contributed by atoms with Crippen molar-refractivity contribution in [1.82, 2.24) is 0 Å². The Hall–Kier alpha value is -8.57. The number of fused-ring (bicyclic) bond motifs is 7. The number of hydrogen-bond donors (Lipinski definition) is 0. The lowest BCUT2D eigenvalue weighted by Crippen LogP contribution is -2.46. The minimum atomic E-state index is -0.585. The van der Waals surface area contributed by atoms with Gasteiger partial charge in [-0.05, 0) is 172 Å². The topological polar surface area (TPSA) is 6.48 Å². The molecule has 0 atom stereocenters. The van der Waals surface area contributed by atoms with Gasteiger partial charge in [0.25, 0.3) is 5.99 Å². The summed E-state index contributed by atoms with van der Waals surface area (Å²) in [6.45, 7) is 23.3. The second-order valence-corrected chi connectivity index (χ2v) is 26.4. The SMILES string of the molecule is Cc1ccc2c(c1)C(c1ccccc1)(c1ccccc1)c1cc(C)ccc1N2c1ccc2c(c1)-c1cc(N3c4ccc(C)cc4C(c4ccccc4)(c4ccccc4)c4cc(C)ccc43)ccc1B(c1c(C(C)C)cc(C(C)C)cc1C(C)C)S2. The molecule has 11 aromatic carbocycles. The number of hydrogen-bond acceptors (Lipinski definition) is 3. The number of rotatable bonds is 10. The fourth-order valence-corrected chi connectivity index (χ4v) is 16.3. The zero-order chi connectivity index (χ0) is 58.5. The lowest BCUT2D eigenvalue weighted by molar-refractivity contribution is 0.729. The van der Waals surface area contributed by atoms with Crippen LogP contribution in [-0.4, -0.2) is 5.99 Å². The largest absolute Gasteiger partial charge is 0.310 e. The first kappa shape index (κ1) is 54.4. The molecule has 14 rings (SSSR count). The summed E-state index contributed by atoms with van der Waals surface area (Å²) in [7, 11) is 0. The van der Waals surface area contributed by atoms with Crippen molar-refractivity contribution in [2.75, 3.05) is 9.80 Å². The van der Waals surface area contributed by atoms with E-state index < -0.39 is 10.8 Å². The molecule has 11 aromatic rings. The minimum Gasteiger partial charge on any atom is -0.310 e. The monoisotopic (exact) mass is 1120 g/mol. The predicted molar refractivity (Wildman–Crippen MR) is 364 cm³/mol. The molecule has 0 fully saturated rings. The Labute approximate surface area is 509 Å².